The molecule has 6 nitrogen and oxygen atoms in total. The average Bonchev–Trinajstić information content (AvgIpc) is 3.16. The number of amides is 1. The Hall–Kier alpha value is -2.13. The Kier molecular flexibility index (Phi) is 8.31. The SMILES string of the molecule is O=C(COc1ccc(Cl)c(F)c1)NC1CCN(CC(O)COc2ccc(Cl)c(F)c2)C1. The van der Waals surface area contributed by atoms with Gasteiger partial charge in [0.1, 0.15) is 35.8 Å². The molecule has 0 aliphatic carbocycles. The zero-order valence-electron chi connectivity index (χ0n) is 16.5. The van der Waals surface area contributed by atoms with Gasteiger partial charge in [0.2, 0.25) is 0 Å². The summed E-state index contributed by atoms with van der Waals surface area (Å²) in [5, 5.41) is 13.0. The Morgan fingerprint density at radius 3 is 2.35 bits per heavy atom. The van der Waals surface area contributed by atoms with Crippen molar-refractivity contribution >= 4 is 29.1 Å². The van der Waals surface area contributed by atoms with E-state index in [-0.39, 0.29) is 46.7 Å². The van der Waals surface area contributed by atoms with Crippen LogP contribution in [0.4, 0.5) is 8.78 Å². The lowest BCUT2D eigenvalue weighted by molar-refractivity contribution is -0.123. The first-order valence-corrected chi connectivity index (χ1v) is 10.4. The topological polar surface area (TPSA) is 71.0 Å². The van der Waals surface area contributed by atoms with Gasteiger partial charge in [-0.25, -0.2) is 8.78 Å². The van der Waals surface area contributed by atoms with Gasteiger partial charge in [0, 0.05) is 37.8 Å². The number of aliphatic hydroxyl groups is 1. The van der Waals surface area contributed by atoms with Gasteiger partial charge in [-0.1, -0.05) is 23.2 Å². The fraction of sp³-hybridized carbons (Fsp3) is 0.381. The fourth-order valence-electron chi connectivity index (χ4n) is 3.21. The summed E-state index contributed by atoms with van der Waals surface area (Å²) in [4.78, 5) is 14.1. The Morgan fingerprint density at radius 1 is 1.13 bits per heavy atom. The van der Waals surface area contributed by atoms with Gasteiger partial charge in [-0.2, -0.15) is 0 Å². The van der Waals surface area contributed by atoms with Crippen molar-refractivity contribution in [1.82, 2.24) is 10.2 Å². The summed E-state index contributed by atoms with van der Waals surface area (Å²) in [5.41, 5.74) is 0. The summed E-state index contributed by atoms with van der Waals surface area (Å²) >= 11 is 11.2. The first kappa shape index (κ1) is 23.5. The van der Waals surface area contributed by atoms with E-state index in [1.54, 1.807) is 0 Å². The summed E-state index contributed by atoms with van der Waals surface area (Å²) in [6, 6.07) is 7.96. The highest BCUT2D eigenvalue weighted by atomic mass is 35.5. The van der Waals surface area contributed by atoms with Gasteiger partial charge >= 0.3 is 0 Å². The molecule has 0 aromatic heterocycles. The number of carbonyl (C=O) groups excluding carboxylic acids is 1. The third-order valence-electron chi connectivity index (χ3n) is 4.70. The molecular formula is C21H22Cl2F2N2O4. The first-order valence-electron chi connectivity index (χ1n) is 9.65. The van der Waals surface area contributed by atoms with Crippen LogP contribution < -0.4 is 14.8 Å². The monoisotopic (exact) mass is 474 g/mol. The summed E-state index contributed by atoms with van der Waals surface area (Å²) in [6.07, 6.45) is -0.0617. The van der Waals surface area contributed by atoms with Crippen LogP contribution in [0, 0.1) is 11.6 Å². The number of ether oxygens (including phenoxy) is 2. The van der Waals surface area contributed by atoms with E-state index < -0.39 is 17.7 Å². The van der Waals surface area contributed by atoms with Crippen molar-refractivity contribution in [3.8, 4) is 11.5 Å². The second kappa shape index (κ2) is 10.9. The molecule has 31 heavy (non-hydrogen) atoms. The van der Waals surface area contributed by atoms with Crippen LogP contribution >= 0.6 is 23.2 Å². The molecule has 1 heterocycles. The highest BCUT2D eigenvalue weighted by molar-refractivity contribution is 6.31. The molecule has 2 N–H and O–H groups in total. The molecule has 0 bridgehead atoms. The molecule has 2 aromatic carbocycles. The van der Waals surface area contributed by atoms with Gasteiger partial charge in [0.05, 0.1) is 10.0 Å². The predicted molar refractivity (Wildman–Crippen MR) is 113 cm³/mol. The van der Waals surface area contributed by atoms with E-state index in [1.165, 1.54) is 24.3 Å². The van der Waals surface area contributed by atoms with Gasteiger partial charge in [-0.05, 0) is 30.7 Å². The summed E-state index contributed by atoms with van der Waals surface area (Å²) in [7, 11) is 0. The van der Waals surface area contributed by atoms with E-state index >= 15 is 0 Å². The number of likely N-dealkylation sites (tertiary alicyclic amines) is 1. The Labute approximate surface area is 188 Å². The molecule has 1 fully saturated rings. The second-order valence-electron chi connectivity index (χ2n) is 7.22. The number of aliphatic hydroxyl groups excluding tert-OH is 1. The van der Waals surface area contributed by atoms with Crippen LogP contribution in [-0.2, 0) is 4.79 Å². The normalized spacial score (nSPS) is 17.4. The lowest BCUT2D eigenvalue weighted by atomic mass is 10.2. The summed E-state index contributed by atoms with van der Waals surface area (Å²) in [6.45, 7) is 1.36. The molecule has 10 heteroatoms. The third kappa shape index (κ3) is 7.21. The predicted octanol–water partition coefficient (Wildman–Crippen LogP) is 3.28. The minimum absolute atomic E-state index is 0.0000892. The molecular weight excluding hydrogens is 453 g/mol. The van der Waals surface area contributed by atoms with Gasteiger partial charge in [0.15, 0.2) is 6.61 Å². The zero-order valence-corrected chi connectivity index (χ0v) is 18.0. The number of benzene rings is 2. The number of hydrogen-bond acceptors (Lipinski definition) is 5. The van der Waals surface area contributed by atoms with Crippen molar-refractivity contribution in [2.45, 2.75) is 18.6 Å². The van der Waals surface area contributed by atoms with Crippen molar-refractivity contribution in [2.24, 2.45) is 0 Å². The zero-order chi connectivity index (χ0) is 22.4. The minimum Gasteiger partial charge on any atom is -0.491 e. The van der Waals surface area contributed by atoms with Crippen molar-refractivity contribution in [3.05, 3.63) is 58.1 Å². The lowest BCUT2D eigenvalue weighted by Crippen LogP contribution is -2.41. The van der Waals surface area contributed by atoms with Gasteiger partial charge in [-0.15, -0.1) is 0 Å². The van der Waals surface area contributed by atoms with Gasteiger partial charge in [0.25, 0.3) is 5.91 Å². The van der Waals surface area contributed by atoms with Crippen LogP contribution in [0.15, 0.2) is 36.4 Å². The standard InChI is InChI=1S/C21H22Cl2F2N2O4/c22-17-3-1-15(7-19(17)24)30-11-14(28)10-27-6-5-13(9-27)26-21(29)12-31-16-2-4-18(23)20(25)8-16/h1-4,7-8,13-14,28H,5-6,9-12H2,(H,26,29). The maximum absolute atomic E-state index is 13.4. The maximum atomic E-state index is 13.4. The van der Waals surface area contributed by atoms with E-state index in [4.69, 9.17) is 32.7 Å². The molecule has 1 amide bonds. The molecule has 0 radical (unpaired) electrons. The lowest BCUT2D eigenvalue weighted by Gasteiger charge is -2.20. The molecule has 1 aliphatic heterocycles. The van der Waals surface area contributed by atoms with Crippen molar-refractivity contribution in [2.75, 3.05) is 32.8 Å². The Morgan fingerprint density at radius 2 is 1.74 bits per heavy atom. The van der Waals surface area contributed by atoms with Crippen molar-refractivity contribution < 1.29 is 28.2 Å². The van der Waals surface area contributed by atoms with Crippen LogP contribution in [0.1, 0.15) is 6.42 Å². The first-order chi connectivity index (χ1) is 14.8. The van der Waals surface area contributed by atoms with Crippen molar-refractivity contribution in [3.63, 3.8) is 0 Å². The Bertz CT molecular complexity index is 919. The average molecular weight is 475 g/mol. The third-order valence-corrected chi connectivity index (χ3v) is 5.31. The smallest absolute Gasteiger partial charge is 0.258 e. The highest BCUT2D eigenvalue weighted by Crippen LogP contribution is 2.21. The summed E-state index contributed by atoms with van der Waals surface area (Å²) < 4.78 is 37.5. The van der Waals surface area contributed by atoms with E-state index in [0.717, 1.165) is 18.6 Å². The van der Waals surface area contributed by atoms with Crippen LogP contribution in [0.5, 0.6) is 11.5 Å². The number of carbonyl (C=O) groups is 1. The number of nitrogens with one attached hydrogen (secondary N) is 1. The molecule has 0 spiro atoms. The second-order valence-corrected chi connectivity index (χ2v) is 8.03. The summed E-state index contributed by atoms with van der Waals surface area (Å²) in [5.74, 6) is -1.02. The minimum atomic E-state index is -0.781. The van der Waals surface area contributed by atoms with E-state index in [0.29, 0.717) is 19.6 Å². The maximum Gasteiger partial charge on any atom is 0.258 e. The molecule has 0 saturated carbocycles. The molecule has 2 unspecified atom stereocenters. The van der Waals surface area contributed by atoms with Gasteiger partial charge in [-0.3, -0.25) is 9.69 Å². The van der Waals surface area contributed by atoms with Crippen LogP contribution in [0.2, 0.25) is 10.0 Å². The molecule has 2 atom stereocenters. The number of hydrogen-bond donors (Lipinski definition) is 2. The van der Waals surface area contributed by atoms with Crippen LogP contribution in [-0.4, -0.2) is 60.9 Å². The highest BCUT2D eigenvalue weighted by Gasteiger charge is 2.25. The molecule has 168 valence electrons. The molecule has 1 aliphatic rings. The molecule has 1 saturated heterocycles. The number of halogens is 4. The van der Waals surface area contributed by atoms with E-state index in [1.807, 2.05) is 4.90 Å². The van der Waals surface area contributed by atoms with E-state index in [9.17, 15) is 18.7 Å². The van der Waals surface area contributed by atoms with E-state index in [2.05, 4.69) is 5.32 Å². The molecule has 2 aromatic rings. The quantitative estimate of drug-likeness (QED) is 0.583. The number of nitrogens with zero attached hydrogens (tertiary/aromatic N) is 1. The van der Waals surface area contributed by atoms with Crippen LogP contribution in [0.25, 0.3) is 0 Å². The fourth-order valence-corrected chi connectivity index (χ4v) is 3.45. The molecule has 3 rings (SSSR count). The van der Waals surface area contributed by atoms with Gasteiger partial charge < -0.3 is 19.9 Å². The largest absolute Gasteiger partial charge is 0.491 e. The number of rotatable bonds is 9. The van der Waals surface area contributed by atoms with Crippen molar-refractivity contribution in [1.29, 1.82) is 0 Å². The Balaban J connectivity index is 1.35. The number of β-amino-alcohol motifs (C(OH)–C–C–N with tert-alkyl or cyclic N) is 1. The van der Waals surface area contributed by atoms with Crippen LogP contribution in [0.3, 0.4) is 0 Å².